The van der Waals surface area contributed by atoms with E-state index in [-0.39, 0.29) is 28.3 Å². The molecule has 0 heterocycles. The van der Waals surface area contributed by atoms with Gasteiger partial charge in [-0.15, -0.1) is 0 Å². The van der Waals surface area contributed by atoms with Crippen molar-refractivity contribution in [2.24, 2.45) is 23.5 Å². The summed E-state index contributed by atoms with van der Waals surface area (Å²) < 4.78 is 27.2. The Hall–Kier alpha value is -0.670. The normalized spacial score (nSPS) is 13.7. The van der Waals surface area contributed by atoms with Crippen LogP contribution in [0.4, 0.5) is 8.78 Å². The van der Waals surface area contributed by atoms with Gasteiger partial charge in [-0.3, -0.25) is 0 Å². The van der Waals surface area contributed by atoms with Crippen molar-refractivity contribution in [3.8, 4) is 0 Å². The second kappa shape index (κ2) is 5.98. The monoisotopic (exact) mass is 275 g/mol. The van der Waals surface area contributed by atoms with E-state index < -0.39 is 17.7 Å². The van der Waals surface area contributed by atoms with Crippen LogP contribution in [-0.4, -0.2) is 0 Å². The van der Waals surface area contributed by atoms with Crippen LogP contribution in [0.3, 0.4) is 0 Å². The molecule has 1 atom stereocenters. The fourth-order valence-electron chi connectivity index (χ4n) is 2.64. The van der Waals surface area contributed by atoms with Gasteiger partial charge in [-0.25, -0.2) is 8.78 Å². The number of nitrogens with two attached hydrogens (primary N) is 1. The van der Waals surface area contributed by atoms with Crippen LogP contribution in [0.25, 0.3) is 0 Å². The van der Waals surface area contributed by atoms with Gasteiger partial charge < -0.3 is 5.73 Å². The minimum absolute atomic E-state index is 0.0406. The minimum atomic E-state index is -0.929. The first kappa shape index (κ1) is 15.4. The van der Waals surface area contributed by atoms with Crippen molar-refractivity contribution >= 4 is 11.6 Å². The molecule has 18 heavy (non-hydrogen) atoms. The van der Waals surface area contributed by atoms with E-state index in [0.717, 1.165) is 6.07 Å². The van der Waals surface area contributed by atoms with Crippen LogP contribution in [0.15, 0.2) is 12.1 Å². The highest BCUT2D eigenvalue weighted by Crippen LogP contribution is 2.37. The molecule has 2 N–H and O–H groups in total. The number of benzene rings is 1. The predicted octanol–water partition coefficient (Wildman–Crippen LogP) is 4.55. The van der Waals surface area contributed by atoms with Crippen LogP contribution < -0.4 is 5.73 Å². The quantitative estimate of drug-likeness (QED) is 0.802. The van der Waals surface area contributed by atoms with Crippen molar-refractivity contribution in [1.29, 1.82) is 0 Å². The molecule has 0 spiro atoms. The first-order valence-electron chi connectivity index (χ1n) is 6.16. The SMILES string of the molecule is CC(C)C(C(C)C)C(N)c1c(Cl)ccc(F)c1F. The van der Waals surface area contributed by atoms with E-state index in [1.54, 1.807) is 0 Å². The average Bonchev–Trinajstić information content (AvgIpc) is 2.23. The molecule has 1 rings (SSSR count). The van der Waals surface area contributed by atoms with Crippen LogP contribution in [0.5, 0.6) is 0 Å². The minimum Gasteiger partial charge on any atom is -0.324 e. The maximum absolute atomic E-state index is 13.9. The van der Waals surface area contributed by atoms with Crippen molar-refractivity contribution in [3.63, 3.8) is 0 Å². The number of halogens is 3. The Bertz CT molecular complexity index is 411. The molecule has 1 aromatic rings. The molecule has 0 aliphatic rings. The number of hydrogen-bond donors (Lipinski definition) is 1. The molecule has 0 aromatic heterocycles. The molecule has 0 amide bonds. The van der Waals surface area contributed by atoms with Gasteiger partial charge in [0.05, 0.1) is 0 Å². The standard InChI is InChI=1S/C14H20ClF2N/c1-7(2)11(8(3)4)14(18)12-9(15)5-6-10(16)13(12)17/h5-8,11,14H,18H2,1-4H3. The molecule has 1 unspecified atom stereocenters. The third-order valence-corrected chi connectivity index (χ3v) is 3.70. The van der Waals surface area contributed by atoms with E-state index in [4.69, 9.17) is 17.3 Å². The van der Waals surface area contributed by atoms with Crippen LogP contribution in [-0.2, 0) is 0 Å². The van der Waals surface area contributed by atoms with Gasteiger partial charge in [0, 0.05) is 16.6 Å². The Morgan fingerprint density at radius 1 is 1.06 bits per heavy atom. The first-order chi connectivity index (χ1) is 8.27. The first-order valence-corrected chi connectivity index (χ1v) is 6.54. The summed E-state index contributed by atoms with van der Waals surface area (Å²) in [5, 5.41) is 0.188. The van der Waals surface area contributed by atoms with Crippen LogP contribution in [0.2, 0.25) is 5.02 Å². The lowest BCUT2D eigenvalue weighted by molar-refractivity contribution is 0.235. The number of hydrogen-bond acceptors (Lipinski definition) is 1. The molecule has 0 saturated carbocycles. The van der Waals surface area contributed by atoms with Crippen molar-refractivity contribution < 1.29 is 8.78 Å². The fraction of sp³-hybridized carbons (Fsp3) is 0.571. The summed E-state index contributed by atoms with van der Waals surface area (Å²) in [6.07, 6.45) is 0. The van der Waals surface area contributed by atoms with Gasteiger partial charge >= 0.3 is 0 Å². The maximum Gasteiger partial charge on any atom is 0.165 e. The largest absolute Gasteiger partial charge is 0.324 e. The Morgan fingerprint density at radius 3 is 2.00 bits per heavy atom. The Labute approximate surface area is 112 Å². The van der Waals surface area contributed by atoms with Gasteiger partial charge in [0.1, 0.15) is 0 Å². The van der Waals surface area contributed by atoms with Gasteiger partial charge in [0.2, 0.25) is 0 Å². The van der Waals surface area contributed by atoms with E-state index in [0.29, 0.717) is 0 Å². The summed E-state index contributed by atoms with van der Waals surface area (Å²) in [6, 6.07) is 1.77. The summed E-state index contributed by atoms with van der Waals surface area (Å²) in [5.74, 6) is -1.27. The third-order valence-electron chi connectivity index (χ3n) is 3.37. The van der Waals surface area contributed by atoms with Crippen LogP contribution in [0, 0.1) is 29.4 Å². The molecule has 0 bridgehead atoms. The molecule has 1 aromatic carbocycles. The molecule has 0 saturated heterocycles. The molecular formula is C14H20ClF2N. The molecular weight excluding hydrogens is 256 g/mol. The molecule has 0 aliphatic heterocycles. The molecule has 0 fully saturated rings. The summed E-state index contributed by atoms with van der Waals surface area (Å²) in [5.41, 5.74) is 6.21. The molecule has 4 heteroatoms. The molecule has 0 radical (unpaired) electrons. The molecule has 0 aliphatic carbocycles. The molecule has 102 valence electrons. The Kier molecular flexibility index (Phi) is 5.11. The molecule has 1 nitrogen and oxygen atoms in total. The second-order valence-electron chi connectivity index (χ2n) is 5.35. The zero-order chi connectivity index (χ0) is 14.0. The lowest BCUT2D eigenvalue weighted by atomic mass is 9.77. The summed E-state index contributed by atoms with van der Waals surface area (Å²) >= 11 is 5.96. The van der Waals surface area contributed by atoms with Gasteiger partial charge in [-0.2, -0.15) is 0 Å². The zero-order valence-electron chi connectivity index (χ0n) is 11.2. The van der Waals surface area contributed by atoms with Gasteiger partial charge in [-0.1, -0.05) is 39.3 Å². The van der Waals surface area contributed by atoms with Gasteiger partial charge in [0.15, 0.2) is 11.6 Å². The predicted molar refractivity (Wildman–Crippen MR) is 71.5 cm³/mol. The highest BCUT2D eigenvalue weighted by molar-refractivity contribution is 6.31. The Morgan fingerprint density at radius 2 is 1.56 bits per heavy atom. The van der Waals surface area contributed by atoms with Crippen molar-refractivity contribution in [1.82, 2.24) is 0 Å². The maximum atomic E-state index is 13.9. The van der Waals surface area contributed by atoms with Gasteiger partial charge in [0.25, 0.3) is 0 Å². The highest BCUT2D eigenvalue weighted by Gasteiger charge is 2.30. The summed E-state index contributed by atoms with van der Waals surface area (Å²) in [4.78, 5) is 0. The zero-order valence-corrected chi connectivity index (χ0v) is 11.9. The van der Waals surface area contributed by atoms with E-state index >= 15 is 0 Å². The topological polar surface area (TPSA) is 26.0 Å². The summed E-state index contributed by atoms with van der Waals surface area (Å²) in [6.45, 7) is 8.09. The lowest BCUT2D eigenvalue weighted by Gasteiger charge is -2.31. The smallest absolute Gasteiger partial charge is 0.165 e. The van der Waals surface area contributed by atoms with E-state index in [2.05, 4.69) is 0 Å². The van der Waals surface area contributed by atoms with Crippen molar-refractivity contribution in [2.45, 2.75) is 33.7 Å². The third kappa shape index (κ3) is 3.01. The van der Waals surface area contributed by atoms with Crippen LogP contribution >= 0.6 is 11.6 Å². The number of rotatable bonds is 4. The van der Waals surface area contributed by atoms with Gasteiger partial charge in [-0.05, 0) is 29.9 Å². The fourth-order valence-corrected chi connectivity index (χ4v) is 2.91. The van der Waals surface area contributed by atoms with Crippen molar-refractivity contribution in [3.05, 3.63) is 34.4 Å². The highest BCUT2D eigenvalue weighted by atomic mass is 35.5. The van der Waals surface area contributed by atoms with Crippen LogP contribution in [0.1, 0.15) is 39.3 Å². The lowest BCUT2D eigenvalue weighted by Crippen LogP contribution is -2.30. The van der Waals surface area contributed by atoms with E-state index in [1.807, 2.05) is 27.7 Å². The van der Waals surface area contributed by atoms with E-state index in [1.165, 1.54) is 6.07 Å². The van der Waals surface area contributed by atoms with E-state index in [9.17, 15) is 8.78 Å². The van der Waals surface area contributed by atoms with Crippen molar-refractivity contribution in [2.75, 3.05) is 0 Å². The average molecular weight is 276 g/mol. The second-order valence-corrected chi connectivity index (χ2v) is 5.76. The summed E-state index contributed by atoms with van der Waals surface area (Å²) in [7, 11) is 0. The Balaban J connectivity index is 3.24.